The number of hydrogen-bond donors (Lipinski definition) is 2. The summed E-state index contributed by atoms with van der Waals surface area (Å²) in [4.78, 5) is 24.0. The van der Waals surface area contributed by atoms with Gasteiger partial charge in [0.25, 0.3) is 5.91 Å². The second kappa shape index (κ2) is 8.04. The van der Waals surface area contributed by atoms with Crippen LogP contribution in [0.3, 0.4) is 0 Å². The zero-order chi connectivity index (χ0) is 17.7. The van der Waals surface area contributed by atoms with Gasteiger partial charge in [-0.3, -0.25) is 9.59 Å². The maximum absolute atomic E-state index is 12.0. The van der Waals surface area contributed by atoms with Gasteiger partial charge in [0, 0.05) is 21.7 Å². The van der Waals surface area contributed by atoms with Gasteiger partial charge in [0.2, 0.25) is 5.91 Å². The molecule has 2 amide bonds. The molecule has 0 aliphatic rings. The molecule has 0 heterocycles. The quantitative estimate of drug-likeness (QED) is 0.847. The maximum atomic E-state index is 12.0. The minimum Gasteiger partial charge on any atom is -0.495 e. The summed E-state index contributed by atoms with van der Waals surface area (Å²) in [6.45, 7) is 1.64. The number of nitrogens with one attached hydrogen (secondary N) is 2. The van der Waals surface area contributed by atoms with Crippen molar-refractivity contribution in [1.29, 1.82) is 0 Å². The molecule has 0 spiro atoms. The summed E-state index contributed by atoms with van der Waals surface area (Å²) in [5.41, 5.74) is 1.72. The van der Waals surface area contributed by atoms with Crippen molar-refractivity contribution in [3.8, 4) is 5.75 Å². The van der Waals surface area contributed by atoms with E-state index in [0.29, 0.717) is 27.0 Å². The molecular formula is C17H16Cl2N2O3. The van der Waals surface area contributed by atoms with Crippen molar-refractivity contribution in [2.24, 2.45) is 0 Å². The van der Waals surface area contributed by atoms with Gasteiger partial charge in [0.05, 0.1) is 19.3 Å². The third-order valence-corrected chi connectivity index (χ3v) is 3.93. The number of halogens is 2. The zero-order valence-corrected chi connectivity index (χ0v) is 14.7. The van der Waals surface area contributed by atoms with Crippen LogP contribution in [-0.4, -0.2) is 25.5 Å². The van der Waals surface area contributed by atoms with E-state index in [1.54, 1.807) is 36.4 Å². The highest BCUT2D eigenvalue weighted by molar-refractivity contribution is 6.31. The fraction of sp³-hybridized carbons (Fsp3) is 0.176. The van der Waals surface area contributed by atoms with Crippen LogP contribution >= 0.6 is 23.2 Å². The molecule has 5 nitrogen and oxygen atoms in total. The van der Waals surface area contributed by atoms with Crippen LogP contribution in [0.25, 0.3) is 0 Å². The van der Waals surface area contributed by atoms with Crippen LogP contribution in [-0.2, 0) is 4.79 Å². The van der Waals surface area contributed by atoms with Gasteiger partial charge < -0.3 is 15.4 Å². The Morgan fingerprint density at radius 1 is 1.12 bits per heavy atom. The summed E-state index contributed by atoms with van der Waals surface area (Å²) in [5.74, 6) is -0.290. The number of carbonyl (C=O) groups excluding carboxylic acids is 2. The number of benzene rings is 2. The standard InChI is InChI=1S/C17H16Cl2N2O3/c1-10-7-14(15(24-2)8-13(10)19)21-16(22)9-20-17(23)11-3-5-12(18)6-4-11/h3-8H,9H2,1-2H3,(H,20,23)(H,21,22). The van der Waals surface area contributed by atoms with Gasteiger partial charge in [0.1, 0.15) is 5.75 Å². The summed E-state index contributed by atoms with van der Waals surface area (Å²) < 4.78 is 5.19. The van der Waals surface area contributed by atoms with Crippen LogP contribution in [0.5, 0.6) is 5.75 Å². The molecule has 2 aromatic carbocycles. The minimum atomic E-state index is -0.377. The first-order valence-electron chi connectivity index (χ1n) is 7.08. The molecule has 0 aliphatic heterocycles. The predicted octanol–water partition coefficient (Wildman–Crippen LogP) is 3.68. The monoisotopic (exact) mass is 366 g/mol. The summed E-state index contributed by atoms with van der Waals surface area (Å²) in [6.07, 6.45) is 0. The Kier molecular flexibility index (Phi) is 6.06. The van der Waals surface area contributed by atoms with E-state index in [1.165, 1.54) is 7.11 Å². The highest BCUT2D eigenvalue weighted by Crippen LogP contribution is 2.30. The summed E-state index contributed by atoms with van der Waals surface area (Å²) in [6, 6.07) is 9.72. The Morgan fingerprint density at radius 3 is 2.42 bits per heavy atom. The molecule has 2 rings (SSSR count). The van der Waals surface area contributed by atoms with Crippen molar-refractivity contribution in [2.45, 2.75) is 6.92 Å². The lowest BCUT2D eigenvalue weighted by Gasteiger charge is -2.12. The molecule has 24 heavy (non-hydrogen) atoms. The smallest absolute Gasteiger partial charge is 0.251 e. The Balaban J connectivity index is 1.97. The van der Waals surface area contributed by atoms with Crippen LogP contribution in [0.4, 0.5) is 5.69 Å². The van der Waals surface area contributed by atoms with Crippen LogP contribution in [0, 0.1) is 6.92 Å². The van der Waals surface area contributed by atoms with E-state index >= 15 is 0 Å². The average molecular weight is 367 g/mol. The van der Waals surface area contributed by atoms with Crippen molar-refractivity contribution < 1.29 is 14.3 Å². The lowest BCUT2D eigenvalue weighted by atomic mass is 10.2. The molecule has 2 aromatic rings. The number of ether oxygens (including phenoxy) is 1. The number of hydrogen-bond acceptors (Lipinski definition) is 3. The normalized spacial score (nSPS) is 10.2. The molecule has 0 radical (unpaired) electrons. The van der Waals surface area contributed by atoms with Gasteiger partial charge in [-0.2, -0.15) is 0 Å². The Morgan fingerprint density at radius 2 is 1.79 bits per heavy atom. The SMILES string of the molecule is COc1cc(Cl)c(C)cc1NC(=O)CNC(=O)c1ccc(Cl)cc1. The van der Waals surface area contributed by atoms with Gasteiger partial charge in [-0.15, -0.1) is 0 Å². The average Bonchev–Trinajstić information content (AvgIpc) is 2.56. The highest BCUT2D eigenvalue weighted by atomic mass is 35.5. The van der Waals surface area contributed by atoms with E-state index in [4.69, 9.17) is 27.9 Å². The number of methoxy groups -OCH3 is 1. The minimum absolute atomic E-state index is 0.174. The molecule has 0 aromatic heterocycles. The first kappa shape index (κ1) is 18.1. The van der Waals surface area contributed by atoms with Crippen molar-refractivity contribution >= 4 is 40.7 Å². The van der Waals surface area contributed by atoms with Gasteiger partial charge in [-0.05, 0) is 42.8 Å². The number of amides is 2. The Labute approximate surface area is 149 Å². The molecule has 0 aliphatic carbocycles. The fourth-order valence-corrected chi connectivity index (χ4v) is 2.27. The molecule has 7 heteroatoms. The van der Waals surface area contributed by atoms with E-state index in [0.717, 1.165) is 5.56 Å². The Bertz CT molecular complexity index is 761. The van der Waals surface area contributed by atoms with Crippen LogP contribution in [0.1, 0.15) is 15.9 Å². The molecule has 126 valence electrons. The van der Waals surface area contributed by atoms with E-state index in [1.807, 2.05) is 6.92 Å². The van der Waals surface area contributed by atoms with E-state index in [-0.39, 0.29) is 18.4 Å². The second-order valence-electron chi connectivity index (χ2n) is 5.04. The summed E-state index contributed by atoms with van der Waals surface area (Å²) in [5, 5.41) is 6.31. The van der Waals surface area contributed by atoms with Crippen LogP contribution < -0.4 is 15.4 Å². The Hall–Kier alpha value is -2.24. The number of rotatable bonds is 5. The molecular weight excluding hydrogens is 351 g/mol. The lowest BCUT2D eigenvalue weighted by molar-refractivity contribution is -0.115. The molecule has 0 saturated carbocycles. The zero-order valence-electron chi connectivity index (χ0n) is 13.2. The molecule has 0 atom stereocenters. The van der Waals surface area contributed by atoms with E-state index < -0.39 is 0 Å². The summed E-state index contributed by atoms with van der Waals surface area (Å²) in [7, 11) is 1.49. The number of carbonyl (C=O) groups is 2. The van der Waals surface area contributed by atoms with Crippen molar-refractivity contribution in [1.82, 2.24) is 5.32 Å². The summed E-state index contributed by atoms with van der Waals surface area (Å²) >= 11 is 11.8. The van der Waals surface area contributed by atoms with Gasteiger partial charge in [0.15, 0.2) is 0 Å². The molecule has 0 saturated heterocycles. The van der Waals surface area contributed by atoms with Crippen LogP contribution in [0.15, 0.2) is 36.4 Å². The molecule has 2 N–H and O–H groups in total. The number of aryl methyl sites for hydroxylation is 1. The van der Waals surface area contributed by atoms with Gasteiger partial charge in [-0.1, -0.05) is 23.2 Å². The molecule has 0 bridgehead atoms. The first-order chi connectivity index (χ1) is 11.4. The van der Waals surface area contributed by atoms with E-state index in [9.17, 15) is 9.59 Å². The second-order valence-corrected chi connectivity index (χ2v) is 5.88. The fourth-order valence-electron chi connectivity index (χ4n) is 1.99. The van der Waals surface area contributed by atoms with Crippen LogP contribution in [0.2, 0.25) is 10.0 Å². The third kappa shape index (κ3) is 4.63. The number of anilines is 1. The maximum Gasteiger partial charge on any atom is 0.251 e. The van der Waals surface area contributed by atoms with E-state index in [2.05, 4.69) is 10.6 Å². The highest BCUT2D eigenvalue weighted by Gasteiger charge is 2.12. The van der Waals surface area contributed by atoms with Gasteiger partial charge >= 0.3 is 0 Å². The topological polar surface area (TPSA) is 67.4 Å². The van der Waals surface area contributed by atoms with Crippen molar-refractivity contribution in [3.63, 3.8) is 0 Å². The van der Waals surface area contributed by atoms with Crippen molar-refractivity contribution in [3.05, 3.63) is 57.6 Å². The largest absolute Gasteiger partial charge is 0.495 e. The third-order valence-electron chi connectivity index (χ3n) is 3.27. The first-order valence-corrected chi connectivity index (χ1v) is 7.84. The predicted molar refractivity (Wildman–Crippen MR) is 95.2 cm³/mol. The van der Waals surface area contributed by atoms with Crippen molar-refractivity contribution in [2.75, 3.05) is 19.0 Å². The van der Waals surface area contributed by atoms with Gasteiger partial charge in [-0.25, -0.2) is 0 Å². The molecule has 0 unspecified atom stereocenters. The lowest BCUT2D eigenvalue weighted by Crippen LogP contribution is -2.32. The molecule has 0 fully saturated rings.